The molecular formula is C41H35N3. The van der Waals surface area contributed by atoms with E-state index >= 15 is 0 Å². The maximum atomic E-state index is 4.82. The first-order valence-corrected chi connectivity index (χ1v) is 14.9. The number of para-hydroxylation sites is 2. The van der Waals surface area contributed by atoms with E-state index in [1.807, 2.05) is 47.6 Å². The number of aryl methyl sites for hydroxylation is 2. The van der Waals surface area contributed by atoms with E-state index in [0.717, 1.165) is 45.1 Å². The zero-order valence-corrected chi connectivity index (χ0v) is 25.1. The lowest BCUT2D eigenvalue weighted by Crippen LogP contribution is -2.10. The zero-order chi connectivity index (χ0) is 30.1. The van der Waals surface area contributed by atoms with Crippen LogP contribution >= 0.6 is 0 Å². The molecule has 0 fully saturated rings. The van der Waals surface area contributed by atoms with Crippen molar-refractivity contribution in [2.75, 3.05) is 9.91 Å². The fraction of sp³-hybridized carbons (Fsp3) is 0.0488. The Morgan fingerprint density at radius 1 is 0.409 bits per heavy atom. The highest BCUT2D eigenvalue weighted by atomic mass is 15.5. The third-order valence-corrected chi connectivity index (χ3v) is 7.40. The first-order valence-electron chi connectivity index (χ1n) is 14.9. The van der Waals surface area contributed by atoms with Crippen LogP contribution in [0.1, 0.15) is 27.8 Å². The Bertz CT molecular complexity index is 1770. The van der Waals surface area contributed by atoms with Gasteiger partial charge in [0.1, 0.15) is 0 Å². The molecule has 6 aromatic carbocycles. The number of nitrogens with zero attached hydrogens (tertiary/aromatic N) is 3. The molecule has 3 heteroatoms. The molecule has 0 heterocycles. The third kappa shape index (κ3) is 7.03. The topological polar surface area (TPSA) is 18.8 Å². The fourth-order valence-electron chi connectivity index (χ4n) is 5.15. The lowest BCUT2D eigenvalue weighted by atomic mass is 10.1. The minimum absolute atomic E-state index is 1.02. The molecule has 0 spiro atoms. The van der Waals surface area contributed by atoms with Crippen LogP contribution < -0.4 is 9.91 Å². The van der Waals surface area contributed by atoms with Gasteiger partial charge in [0.05, 0.1) is 17.6 Å². The molecule has 214 valence electrons. The standard InChI is InChI=1S/C41H35N3/c1-32-11-9-17-40(29-32)43(41-18-10-12-33(2)30-41)37-27-25-35(26-28-37)20-19-34-21-23-36(24-22-34)31-42-44(38-13-5-3-6-14-38)39-15-7-4-8-16-39/h3-31H,1-2H3/b20-19+,42-31+. The SMILES string of the molecule is Cc1cccc(N(c2ccc(/C=C/c3ccc(/C=N/N(c4ccccc4)c4ccccc4)cc3)cc2)c2cccc(C)c2)c1. The van der Waals surface area contributed by atoms with E-state index < -0.39 is 0 Å². The predicted molar refractivity (Wildman–Crippen MR) is 189 cm³/mol. The van der Waals surface area contributed by atoms with Crippen molar-refractivity contribution in [2.24, 2.45) is 5.10 Å². The van der Waals surface area contributed by atoms with Gasteiger partial charge >= 0.3 is 0 Å². The number of benzene rings is 6. The molecule has 0 atom stereocenters. The minimum atomic E-state index is 1.02. The summed E-state index contributed by atoms with van der Waals surface area (Å²) in [4.78, 5) is 2.31. The van der Waals surface area contributed by atoms with Crippen molar-refractivity contribution in [3.05, 3.63) is 186 Å². The maximum absolute atomic E-state index is 4.82. The summed E-state index contributed by atoms with van der Waals surface area (Å²) in [6.45, 7) is 4.27. The van der Waals surface area contributed by atoms with Crippen molar-refractivity contribution in [3.8, 4) is 0 Å². The van der Waals surface area contributed by atoms with E-state index in [-0.39, 0.29) is 0 Å². The number of rotatable bonds is 9. The second-order valence-electron chi connectivity index (χ2n) is 10.8. The Hall–Kier alpha value is -5.67. The molecule has 0 aliphatic carbocycles. The van der Waals surface area contributed by atoms with Crippen LogP contribution in [0.25, 0.3) is 12.2 Å². The smallest absolute Gasteiger partial charge is 0.0652 e. The average molecular weight is 570 g/mol. The summed E-state index contributed by atoms with van der Waals surface area (Å²) in [6, 6.07) is 54.9. The van der Waals surface area contributed by atoms with E-state index in [0.29, 0.717) is 0 Å². The van der Waals surface area contributed by atoms with Crippen molar-refractivity contribution in [1.29, 1.82) is 0 Å². The molecule has 0 aliphatic heterocycles. The number of hydrogen-bond donors (Lipinski definition) is 0. The van der Waals surface area contributed by atoms with Gasteiger partial charge in [-0.15, -0.1) is 0 Å². The van der Waals surface area contributed by atoms with Crippen LogP contribution in [0.2, 0.25) is 0 Å². The Labute approximate surface area is 260 Å². The molecule has 6 aromatic rings. The van der Waals surface area contributed by atoms with Crippen LogP contribution in [0.4, 0.5) is 28.4 Å². The summed E-state index contributed by atoms with van der Waals surface area (Å²) in [7, 11) is 0. The molecule has 0 aromatic heterocycles. The average Bonchev–Trinajstić information content (AvgIpc) is 3.06. The number of hydrogen-bond acceptors (Lipinski definition) is 3. The van der Waals surface area contributed by atoms with Gasteiger partial charge < -0.3 is 4.90 Å². The largest absolute Gasteiger partial charge is 0.310 e. The molecule has 44 heavy (non-hydrogen) atoms. The summed E-state index contributed by atoms with van der Waals surface area (Å²) < 4.78 is 0. The quantitative estimate of drug-likeness (QED) is 0.0980. The van der Waals surface area contributed by atoms with Gasteiger partial charge in [0.25, 0.3) is 0 Å². The first kappa shape index (κ1) is 28.4. The molecule has 0 N–H and O–H groups in total. The van der Waals surface area contributed by atoms with Crippen LogP contribution in [0, 0.1) is 13.8 Å². The summed E-state index contributed by atoms with van der Waals surface area (Å²) >= 11 is 0. The minimum Gasteiger partial charge on any atom is -0.310 e. The summed E-state index contributed by atoms with van der Waals surface area (Å²) in [5, 5.41) is 6.77. The Balaban J connectivity index is 1.18. The highest BCUT2D eigenvalue weighted by molar-refractivity contribution is 5.83. The van der Waals surface area contributed by atoms with Gasteiger partial charge in [-0.25, -0.2) is 5.01 Å². The van der Waals surface area contributed by atoms with Gasteiger partial charge in [-0.3, -0.25) is 0 Å². The van der Waals surface area contributed by atoms with Gasteiger partial charge in [0.15, 0.2) is 0 Å². The Morgan fingerprint density at radius 2 is 0.841 bits per heavy atom. The van der Waals surface area contributed by atoms with Gasteiger partial charge in [-0.05, 0) is 102 Å². The predicted octanol–water partition coefficient (Wildman–Crippen LogP) is 11.1. The van der Waals surface area contributed by atoms with E-state index in [2.05, 4.69) is 152 Å². The molecule has 6 rings (SSSR count). The van der Waals surface area contributed by atoms with Crippen LogP contribution in [-0.2, 0) is 0 Å². The van der Waals surface area contributed by atoms with E-state index in [1.54, 1.807) is 0 Å². The van der Waals surface area contributed by atoms with Crippen molar-refractivity contribution in [3.63, 3.8) is 0 Å². The van der Waals surface area contributed by atoms with Crippen molar-refractivity contribution >= 4 is 46.8 Å². The van der Waals surface area contributed by atoms with Crippen LogP contribution in [0.3, 0.4) is 0 Å². The molecule has 0 radical (unpaired) electrons. The molecule has 3 nitrogen and oxygen atoms in total. The van der Waals surface area contributed by atoms with E-state index in [4.69, 9.17) is 5.10 Å². The molecule has 0 amide bonds. The number of hydrazone groups is 1. The second-order valence-corrected chi connectivity index (χ2v) is 10.8. The monoisotopic (exact) mass is 569 g/mol. The highest BCUT2D eigenvalue weighted by Gasteiger charge is 2.12. The van der Waals surface area contributed by atoms with Crippen LogP contribution in [0.5, 0.6) is 0 Å². The summed E-state index contributed by atoms with van der Waals surface area (Å²) in [6.07, 6.45) is 6.21. The van der Waals surface area contributed by atoms with Gasteiger partial charge in [-0.1, -0.05) is 109 Å². The highest BCUT2D eigenvalue weighted by Crippen LogP contribution is 2.35. The Kier molecular flexibility index (Phi) is 8.75. The molecule has 0 aliphatic rings. The van der Waals surface area contributed by atoms with E-state index in [9.17, 15) is 0 Å². The normalized spacial score (nSPS) is 11.2. The molecule has 0 bridgehead atoms. The number of anilines is 5. The van der Waals surface area contributed by atoms with Gasteiger partial charge in [0, 0.05) is 17.1 Å². The third-order valence-electron chi connectivity index (χ3n) is 7.40. The van der Waals surface area contributed by atoms with Gasteiger partial charge in [0.2, 0.25) is 0 Å². The van der Waals surface area contributed by atoms with Crippen molar-refractivity contribution in [1.82, 2.24) is 0 Å². The van der Waals surface area contributed by atoms with Crippen molar-refractivity contribution in [2.45, 2.75) is 13.8 Å². The van der Waals surface area contributed by atoms with Crippen LogP contribution in [-0.4, -0.2) is 6.21 Å². The Morgan fingerprint density at radius 3 is 1.32 bits per heavy atom. The molecular weight excluding hydrogens is 534 g/mol. The first-order chi connectivity index (χ1) is 21.6. The lowest BCUT2D eigenvalue weighted by molar-refractivity contribution is 1.09. The van der Waals surface area contributed by atoms with Gasteiger partial charge in [-0.2, -0.15) is 5.10 Å². The van der Waals surface area contributed by atoms with Crippen molar-refractivity contribution < 1.29 is 0 Å². The molecule has 0 saturated heterocycles. The molecule has 0 unspecified atom stereocenters. The fourth-order valence-corrected chi connectivity index (χ4v) is 5.15. The maximum Gasteiger partial charge on any atom is 0.0652 e. The van der Waals surface area contributed by atoms with Crippen LogP contribution in [0.15, 0.2) is 163 Å². The molecule has 0 saturated carbocycles. The second kappa shape index (κ2) is 13.5. The zero-order valence-electron chi connectivity index (χ0n) is 25.1. The lowest BCUT2D eigenvalue weighted by Gasteiger charge is -2.26. The summed E-state index contributed by atoms with van der Waals surface area (Å²) in [5.41, 5.74) is 11.3. The summed E-state index contributed by atoms with van der Waals surface area (Å²) in [5.74, 6) is 0. The van der Waals surface area contributed by atoms with E-state index in [1.165, 1.54) is 11.1 Å².